The van der Waals surface area contributed by atoms with Crippen LogP contribution in [0.15, 0.2) is 18.6 Å². The SMILES string of the molecule is CC1(C)CCCNC1CNc1cnccn1. The molecule has 4 heteroatoms. The van der Waals surface area contributed by atoms with E-state index in [2.05, 4.69) is 34.4 Å². The third-order valence-corrected chi connectivity index (χ3v) is 3.38. The summed E-state index contributed by atoms with van der Waals surface area (Å²) < 4.78 is 0. The highest BCUT2D eigenvalue weighted by Gasteiger charge is 2.31. The van der Waals surface area contributed by atoms with Crippen LogP contribution in [-0.4, -0.2) is 29.1 Å². The van der Waals surface area contributed by atoms with Crippen molar-refractivity contribution in [1.29, 1.82) is 0 Å². The monoisotopic (exact) mass is 220 g/mol. The standard InChI is InChI=1S/C12H20N4/c1-12(2)4-3-5-14-10(12)8-16-11-9-13-6-7-15-11/h6-7,9-10,14H,3-5,8H2,1-2H3,(H,15,16). The first-order valence-corrected chi connectivity index (χ1v) is 5.92. The van der Waals surface area contributed by atoms with E-state index >= 15 is 0 Å². The Kier molecular flexibility index (Phi) is 3.39. The average molecular weight is 220 g/mol. The molecular formula is C12H20N4. The van der Waals surface area contributed by atoms with Gasteiger partial charge in [-0.1, -0.05) is 13.8 Å². The van der Waals surface area contributed by atoms with Crippen molar-refractivity contribution in [2.45, 2.75) is 32.7 Å². The normalized spacial score (nSPS) is 24.0. The van der Waals surface area contributed by atoms with Crippen LogP contribution in [0.25, 0.3) is 0 Å². The molecule has 1 unspecified atom stereocenters. The summed E-state index contributed by atoms with van der Waals surface area (Å²) in [5.74, 6) is 0.852. The van der Waals surface area contributed by atoms with E-state index in [0.29, 0.717) is 11.5 Å². The van der Waals surface area contributed by atoms with E-state index in [-0.39, 0.29) is 0 Å². The quantitative estimate of drug-likeness (QED) is 0.813. The molecule has 1 fully saturated rings. The van der Waals surface area contributed by atoms with Gasteiger partial charge in [-0.25, -0.2) is 4.98 Å². The zero-order valence-corrected chi connectivity index (χ0v) is 10.0. The van der Waals surface area contributed by atoms with Gasteiger partial charge in [0.25, 0.3) is 0 Å². The summed E-state index contributed by atoms with van der Waals surface area (Å²) in [6.07, 6.45) is 7.72. The van der Waals surface area contributed by atoms with Gasteiger partial charge in [0.2, 0.25) is 0 Å². The number of nitrogens with zero attached hydrogens (tertiary/aromatic N) is 2. The second-order valence-electron chi connectivity index (χ2n) is 5.07. The second-order valence-corrected chi connectivity index (χ2v) is 5.07. The van der Waals surface area contributed by atoms with Gasteiger partial charge in [0.1, 0.15) is 5.82 Å². The smallest absolute Gasteiger partial charge is 0.144 e. The van der Waals surface area contributed by atoms with Crippen LogP contribution in [0.1, 0.15) is 26.7 Å². The molecule has 1 aromatic heterocycles. The zero-order chi connectivity index (χ0) is 11.4. The highest BCUT2D eigenvalue weighted by Crippen LogP contribution is 2.29. The van der Waals surface area contributed by atoms with Crippen molar-refractivity contribution in [1.82, 2.24) is 15.3 Å². The van der Waals surface area contributed by atoms with Crippen LogP contribution < -0.4 is 10.6 Å². The predicted molar refractivity (Wildman–Crippen MR) is 65.3 cm³/mol. The van der Waals surface area contributed by atoms with E-state index in [1.54, 1.807) is 18.6 Å². The summed E-state index contributed by atoms with van der Waals surface area (Å²) >= 11 is 0. The summed E-state index contributed by atoms with van der Waals surface area (Å²) in [7, 11) is 0. The number of hydrogen-bond donors (Lipinski definition) is 2. The Labute approximate surface area is 96.9 Å². The van der Waals surface area contributed by atoms with Crippen molar-refractivity contribution in [3.05, 3.63) is 18.6 Å². The summed E-state index contributed by atoms with van der Waals surface area (Å²) in [5, 5.41) is 6.90. The molecule has 16 heavy (non-hydrogen) atoms. The molecule has 1 aliphatic heterocycles. The fourth-order valence-corrected chi connectivity index (χ4v) is 2.22. The molecule has 1 atom stereocenters. The van der Waals surface area contributed by atoms with Gasteiger partial charge in [-0.3, -0.25) is 4.98 Å². The summed E-state index contributed by atoms with van der Waals surface area (Å²) in [6.45, 7) is 6.67. The largest absolute Gasteiger partial charge is 0.367 e. The van der Waals surface area contributed by atoms with Crippen molar-refractivity contribution < 1.29 is 0 Å². The Morgan fingerprint density at radius 3 is 3.06 bits per heavy atom. The Bertz CT molecular complexity index is 323. The highest BCUT2D eigenvalue weighted by atomic mass is 15.1. The van der Waals surface area contributed by atoms with Gasteiger partial charge in [0.15, 0.2) is 0 Å². The van der Waals surface area contributed by atoms with E-state index in [0.717, 1.165) is 18.9 Å². The summed E-state index contributed by atoms with van der Waals surface area (Å²) in [6, 6.07) is 0.503. The summed E-state index contributed by atoms with van der Waals surface area (Å²) in [5.41, 5.74) is 0.355. The van der Waals surface area contributed by atoms with E-state index in [4.69, 9.17) is 0 Å². The van der Waals surface area contributed by atoms with Crippen LogP contribution in [-0.2, 0) is 0 Å². The minimum absolute atomic E-state index is 0.355. The maximum atomic E-state index is 4.21. The second kappa shape index (κ2) is 4.78. The minimum atomic E-state index is 0.355. The lowest BCUT2D eigenvalue weighted by Gasteiger charge is -2.39. The Hall–Kier alpha value is -1.16. The lowest BCUT2D eigenvalue weighted by molar-refractivity contribution is 0.188. The maximum Gasteiger partial charge on any atom is 0.144 e. The third kappa shape index (κ3) is 2.70. The number of rotatable bonds is 3. The fourth-order valence-electron chi connectivity index (χ4n) is 2.22. The minimum Gasteiger partial charge on any atom is -0.367 e. The van der Waals surface area contributed by atoms with E-state index in [9.17, 15) is 0 Å². The average Bonchev–Trinajstić information content (AvgIpc) is 2.28. The van der Waals surface area contributed by atoms with Crippen LogP contribution in [0.3, 0.4) is 0 Å². The lowest BCUT2D eigenvalue weighted by atomic mass is 9.77. The van der Waals surface area contributed by atoms with Gasteiger partial charge in [0.05, 0.1) is 6.20 Å². The van der Waals surface area contributed by atoms with Gasteiger partial charge >= 0.3 is 0 Å². The van der Waals surface area contributed by atoms with Crippen molar-refractivity contribution in [2.24, 2.45) is 5.41 Å². The number of piperidine rings is 1. The Balaban J connectivity index is 1.90. The molecule has 0 spiro atoms. The first-order valence-electron chi connectivity index (χ1n) is 5.92. The highest BCUT2D eigenvalue weighted by molar-refractivity contribution is 5.30. The number of nitrogens with one attached hydrogen (secondary N) is 2. The molecule has 0 amide bonds. The molecule has 0 saturated carbocycles. The lowest BCUT2D eigenvalue weighted by Crippen LogP contribution is -2.50. The van der Waals surface area contributed by atoms with Crippen LogP contribution in [0.5, 0.6) is 0 Å². The molecule has 1 aliphatic rings. The molecule has 0 bridgehead atoms. The van der Waals surface area contributed by atoms with Gasteiger partial charge in [-0.2, -0.15) is 0 Å². The van der Waals surface area contributed by atoms with Gasteiger partial charge in [0, 0.05) is 25.0 Å². The van der Waals surface area contributed by atoms with Crippen molar-refractivity contribution in [3.63, 3.8) is 0 Å². The van der Waals surface area contributed by atoms with Gasteiger partial charge < -0.3 is 10.6 Å². The molecule has 0 aromatic carbocycles. The van der Waals surface area contributed by atoms with Crippen LogP contribution in [0, 0.1) is 5.41 Å². The number of anilines is 1. The topological polar surface area (TPSA) is 49.8 Å². The first-order chi connectivity index (χ1) is 7.68. The molecule has 0 aliphatic carbocycles. The molecular weight excluding hydrogens is 200 g/mol. The molecule has 2 heterocycles. The first kappa shape index (κ1) is 11.3. The molecule has 88 valence electrons. The molecule has 1 aromatic rings. The number of hydrogen-bond acceptors (Lipinski definition) is 4. The molecule has 2 N–H and O–H groups in total. The molecule has 0 radical (unpaired) electrons. The maximum absolute atomic E-state index is 4.21. The molecule has 1 saturated heterocycles. The molecule has 4 nitrogen and oxygen atoms in total. The van der Waals surface area contributed by atoms with E-state index in [1.807, 2.05) is 0 Å². The van der Waals surface area contributed by atoms with E-state index in [1.165, 1.54) is 12.8 Å². The van der Waals surface area contributed by atoms with Crippen LogP contribution in [0.2, 0.25) is 0 Å². The van der Waals surface area contributed by atoms with Crippen LogP contribution >= 0.6 is 0 Å². The van der Waals surface area contributed by atoms with Crippen LogP contribution in [0.4, 0.5) is 5.82 Å². The van der Waals surface area contributed by atoms with E-state index < -0.39 is 0 Å². The van der Waals surface area contributed by atoms with Gasteiger partial charge in [-0.05, 0) is 24.8 Å². The third-order valence-electron chi connectivity index (χ3n) is 3.38. The Morgan fingerprint density at radius 1 is 1.50 bits per heavy atom. The molecule has 2 rings (SSSR count). The van der Waals surface area contributed by atoms with Crippen molar-refractivity contribution in [2.75, 3.05) is 18.4 Å². The predicted octanol–water partition coefficient (Wildman–Crippen LogP) is 1.67. The van der Waals surface area contributed by atoms with Gasteiger partial charge in [-0.15, -0.1) is 0 Å². The Morgan fingerprint density at radius 2 is 2.38 bits per heavy atom. The number of aromatic nitrogens is 2. The summed E-state index contributed by atoms with van der Waals surface area (Å²) in [4.78, 5) is 8.25. The van der Waals surface area contributed by atoms with Crippen molar-refractivity contribution in [3.8, 4) is 0 Å². The van der Waals surface area contributed by atoms with Crippen molar-refractivity contribution >= 4 is 5.82 Å². The fraction of sp³-hybridized carbons (Fsp3) is 0.667. The zero-order valence-electron chi connectivity index (χ0n) is 10.0.